The highest BCUT2D eigenvalue weighted by Gasteiger charge is 2.10. The van der Waals surface area contributed by atoms with Crippen molar-refractivity contribution in [1.82, 2.24) is 0 Å². The van der Waals surface area contributed by atoms with Crippen LogP contribution in [0.3, 0.4) is 0 Å². The first-order chi connectivity index (χ1) is 12.1. The average molecular weight is 358 g/mol. The fourth-order valence-corrected chi connectivity index (χ4v) is 2.18. The van der Waals surface area contributed by atoms with Gasteiger partial charge >= 0.3 is 5.97 Å². The zero-order chi connectivity index (χ0) is 18.2. The predicted octanol–water partition coefficient (Wildman–Crippen LogP) is 3.91. The average Bonchev–Trinajstić information content (AvgIpc) is 2.67. The molecule has 25 heavy (non-hydrogen) atoms. The topological polar surface area (TPSA) is 68.5 Å². The number of alkyl halides is 1. The van der Waals surface area contributed by atoms with Gasteiger partial charge in [0.15, 0.2) is 11.5 Å². The Morgan fingerprint density at radius 1 is 1.12 bits per heavy atom. The van der Waals surface area contributed by atoms with Crippen molar-refractivity contribution in [2.75, 3.05) is 20.1 Å². The minimum absolute atomic E-state index is 0.249. The highest BCUT2D eigenvalue weighted by molar-refractivity contribution is 6.26. The SMILES string of the molecule is COc1ccc(/C(C#N)=C\c2ccc(OC(=O)CCl)c(OC)c2)cc1. The maximum absolute atomic E-state index is 11.3. The first kappa shape index (κ1) is 18.4. The third-order valence-corrected chi connectivity index (χ3v) is 3.57. The predicted molar refractivity (Wildman–Crippen MR) is 95.8 cm³/mol. The standard InChI is InChI=1S/C19H16ClNO4/c1-23-16-6-4-14(5-7-16)15(12-21)9-13-3-8-17(18(10-13)24-2)25-19(22)11-20/h3-10H,11H2,1-2H3/b15-9-. The Labute approximate surface area is 151 Å². The van der Waals surface area contributed by atoms with Gasteiger partial charge in [0.2, 0.25) is 0 Å². The van der Waals surface area contributed by atoms with E-state index in [1.165, 1.54) is 7.11 Å². The molecule has 2 aromatic carbocycles. The van der Waals surface area contributed by atoms with E-state index in [0.717, 1.165) is 11.1 Å². The number of hydrogen-bond acceptors (Lipinski definition) is 5. The van der Waals surface area contributed by atoms with Crippen LogP contribution in [0.4, 0.5) is 0 Å². The molecule has 0 fully saturated rings. The van der Waals surface area contributed by atoms with Crippen LogP contribution in [0.2, 0.25) is 0 Å². The number of carbonyl (C=O) groups excluding carboxylic acids is 1. The van der Waals surface area contributed by atoms with Crippen LogP contribution in [0.25, 0.3) is 11.6 Å². The van der Waals surface area contributed by atoms with Crippen molar-refractivity contribution in [3.63, 3.8) is 0 Å². The molecule has 0 amide bonds. The van der Waals surface area contributed by atoms with Crippen molar-refractivity contribution in [1.29, 1.82) is 5.26 Å². The third-order valence-electron chi connectivity index (χ3n) is 3.35. The molecule has 0 unspecified atom stereocenters. The molecule has 2 aromatic rings. The van der Waals surface area contributed by atoms with Gasteiger partial charge in [-0.2, -0.15) is 5.26 Å². The molecule has 0 N–H and O–H groups in total. The number of rotatable bonds is 6. The number of ether oxygens (including phenoxy) is 3. The quantitative estimate of drug-likeness (QED) is 0.258. The number of esters is 1. The molecule has 0 atom stereocenters. The second kappa shape index (κ2) is 8.76. The van der Waals surface area contributed by atoms with Crippen LogP contribution in [-0.4, -0.2) is 26.1 Å². The lowest BCUT2D eigenvalue weighted by Gasteiger charge is -2.09. The van der Waals surface area contributed by atoms with Crippen molar-refractivity contribution in [3.8, 4) is 23.3 Å². The van der Waals surface area contributed by atoms with E-state index in [1.807, 2.05) is 12.1 Å². The van der Waals surface area contributed by atoms with Crippen molar-refractivity contribution in [2.24, 2.45) is 0 Å². The summed E-state index contributed by atoms with van der Waals surface area (Å²) in [6.45, 7) is 0. The molecule has 0 aliphatic carbocycles. The van der Waals surface area contributed by atoms with E-state index in [0.29, 0.717) is 17.1 Å². The molecule has 5 nitrogen and oxygen atoms in total. The summed E-state index contributed by atoms with van der Waals surface area (Å²) in [5.41, 5.74) is 1.98. The van der Waals surface area contributed by atoms with E-state index >= 15 is 0 Å². The third kappa shape index (κ3) is 4.75. The van der Waals surface area contributed by atoms with Crippen molar-refractivity contribution < 1.29 is 19.0 Å². The highest BCUT2D eigenvalue weighted by Crippen LogP contribution is 2.30. The molecule has 0 heterocycles. The molecular weight excluding hydrogens is 342 g/mol. The van der Waals surface area contributed by atoms with Crippen molar-refractivity contribution >= 4 is 29.2 Å². The lowest BCUT2D eigenvalue weighted by atomic mass is 10.0. The van der Waals surface area contributed by atoms with Gasteiger partial charge in [-0.3, -0.25) is 4.79 Å². The second-order valence-electron chi connectivity index (χ2n) is 4.92. The normalized spacial score (nSPS) is 10.7. The molecule has 0 saturated heterocycles. The summed E-state index contributed by atoms with van der Waals surface area (Å²) < 4.78 is 15.4. The molecule has 0 saturated carbocycles. The summed E-state index contributed by atoms with van der Waals surface area (Å²) >= 11 is 5.44. The van der Waals surface area contributed by atoms with E-state index in [1.54, 1.807) is 43.5 Å². The Bertz CT molecular complexity index is 822. The Kier molecular flexibility index (Phi) is 6.44. The molecule has 128 valence electrons. The van der Waals surface area contributed by atoms with Crippen molar-refractivity contribution in [3.05, 3.63) is 53.6 Å². The van der Waals surface area contributed by atoms with Gasteiger partial charge in [0.05, 0.1) is 25.9 Å². The minimum atomic E-state index is -0.570. The van der Waals surface area contributed by atoms with Crippen LogP contribution in [0.1, 0.15) is 11.1 Å². The molecule has 0 aliphatic heterocycles. The molecule has 2 rings (SSSR count). The van der Waals surface area contributed by atoms with E-state index in [-0.39, 0.29) is 11.6 Å². The van der Waals surface area contributed by atoms with Crippen LogP contribution in [0.15, 0.2) is 42.5 Å². The monoisotopic (exact) mass is 357 g/mol. The van der Waals surface area contributed by atoms with Crippen LogP contribution in [0.5, 0.6) is 17.2 Å². The van der Waals surface area contributed by atoms with Crippen LogP contribution >= 0.6 is 11.6 Å². The Morgan fingerprint density at radius 3 is 2.40 bits per heavy atom. The van der Waals surface area contributed by atoms with E-state index in [4.69, 9.17) is 25.8 Å². The molecule has 0 bridgehead atoms. The van der Waals surface area contributed by atoms with Gasteiger partial charge in [0.25, 0.3) is 0 Å². The fraction of sp³-hybridized carbons (Fsp3) is 0.158. The molecule has 0 radical (unpaired) electrons. The van der Waals surface area contributed by atoms with Crippen molar-refractivity contribution in [2.45, 2.75) is 0 Å². The first-order valence-corrected chi connectivity index (χ1v) is 7.85. The molecular formula is C19H16ClNO4. The second-order valence-corrected chi connectivity index (χ2v) is 5.18. The zero-order valence-corrected chi connectivity index (χ0v) is 14.5. The molecule has 6 heteroatoms. The Hall–Kier alpha value is -2.97. The van der Waals surface area contributed by atoms with E-state index in [2.05, 4.69) is 6.07 Å². The van der Waals surface area contributed by atoms with Crippen LogP contribution in [0, 0.1) is 11.3 Å². The number of halogens is 1. The maximum atomic E-state index is 11.3. The lowest BCUT2D eigenvalue weighted by molar-refractivity contribution is -0.131. The highest BCUT2D eigenvalue weighted by atomic mass is 35.5. The largest absolute Gasteiger partial charge is 0.497 e. The van der Waals surface area contributed by atoms with Crippen LogP contribution < -0.4 is 14.2 Å². The summed E-state index contributed by atoms with van der Waals surface area (Å²) in [5, 5.41) is 9.43. The summed E-state index contributed by atoms with van der Waals surface area (Å²) in [6, 6.07) is 14.4. The Morgan fingerprint density at radius 2 is 1.84 bits per heavy atom. The number of nitrogens with zero attached hydrogens (tertiary/aromatic N) is 1. The number of hydrogen-bond donors (Lipinski definition) is 0. The van der Waals surface area contributed by atoms with Gasteiger partial charge in [-0.25, -0.2) is 0 Å². The van der Waals surface area contributed by atoms with Gasteiger partial charge < -0.3 is 14.2 Å². The molecule has 0 spiro atoms. The number of nitriles is 1. The number of methoxy groups -OCH3 is 2. The zero-order valence-electron chi connectivity index (χ0n) is 13.8. The number of carbonyl (C=O) groups is 1. The summed E-state index contributed by atoms with van der Waals surface area (Å²) in [4.78, 5) is 11.3. The van der Waals surface area contributed by atoms with E-state index in [9.17, 15) is 10.1 Å². The summed E-state index contributed by atoms with van der Waals surface area (Å²) in [6.07, 6.45) is 1.72. The van der Waals surface area contributed by atoms with Gasteiger partial charge in [-0.1, -0.05) is 6.07 Å². The van der Waals surface area contributed by atoms with Gasteiger partial charge in [-0.05, 0) is 53.6 Å². The van der Waals surface area contributed by atoms with Crippen LogP contribution in [-0.2, 0) is 4.79 Å². The number of allylic oxidation sites excluding steroid dienone is 1. The fourth-order valence-electron chi connectivity index (χ4n) is 2.13. The summed E-state index contributed by atoms with van der Waals surface area (Å²) in [5.74, 6) is 0.542. The lowest BCUT2D eigenvalue weighted by Crippen LogP contribution is -2.09. The molecule has 0 aromatic heterocycles. The maximum Gasteiger partial charge on any atom is 0.326 e. The van der Waals surface area contributed by atoms with Gasteiger partial charge in [-0.15, -0.1) is 11.6 Å². The molecule has 0 aliphatic rings. The van der Waals surface area contributed by atoms with Gasteiger partial charge in [0, 0.05) is 0 Å². The van der Waals surface area contributed by atoms with Gasteiger partial charge in [0.1, 0.15) is 11.6 Å². The summed E-state index contributed by atoms with van der Waals surface area (Å²) in [7, 11) is 3.05. The first-order valence-electron chi connectivity index (χ1n) is 7.32. The minimum Gasteiger partial charge on any atom is -0.497 e. The van der Waals surface area contributed by atoms with E-state index < -0.39 is 5.97 Å². The number of benzene rings is 2. The smallest absolute Gasteiger partial charge is 0.326 e. The Balaban J connectivity index is 2.33.